The van der Waals surface area contributed by atoms with Gasteiger partial charge in [0, 0.05) is 42.9 Å². The van der Waals surface area contributed by atoms with Crippen molar-refractivity contribution in [1.82, 2.24) is 14.7 Å². The van der Waals surface area contributed by atoms with Crippen LogP contribution in [0.15, 0.2) is 58.7 Å². The number of benzene rings is 2. The Bertz CT molecular complexity index is 1170. The predicted octanol–water partition coefficient (Wildman–Crippen LogP) is 1.55. The summed E-state index contributed by atoms with van der Waals surface area (Å²) in [6, 6.07) is 13.9. The number of anilines is 1. The van der Waals surface area contributed by atoms with Gasteiger partial charge in [-0.1, -0.05) is 30.3 Å². The van der Waals surface area contributed by atoms with Crippen LogP contribution in [0.5, 0.6) is 0 Å². The minimum absolute atomic E-state index is 0.0115. The zero-order valence-electron chi connectivity index (χ0n) is 17.3. The zero-order valence-corrected chi connectivity index (χ0v) is 17.3. The standard InChI is InChI=1S/C22H21N7O3/c30-21-19(17-6-1-2-7-18(17)23-21)24-25-20(15-4-3-5-16(8-15)29(31)32)22-9-26-12-27(10-22)14-28(11-22)13-26/h1-8H,9-14H2,(H,23,24,30)/b25-20-. The van der Waals surface area contributed by atoms with Crippen LogP contribution in [0.1, 0.15) is 11.1 Å². The first-order valence-electron chi connectivity index (χ1n) is 10.5. The number of hydrogen-bond donors (Lipinski definition) is 1. The van der Waals surface area contributed by atoms with Crippen LogP contribution in [0, 0.1) is 15.5 Å². The summed E-state index contributed by atoms with van der Waals surface area (Å²) in [6.07, 6.45) is 0. The summed E-state index contributed by atoms with van der Waals surface area (Å²) in [7, 11) is 0. The summed E-state index contributed by atoms with van der Waals surface area (Å²) in [5.74, 6) is -0.296. The maximum Gasteiger partial charge on any atom is 0.276 e. The number of fused-ring (bicyclic) bond motifs is 1. The summed E-state index contributed by atoms with van der Waals surface area (Å²) in [5, 5.41) is 23.3. The van der Waals surface area contributed by atoms with Gasteiger partial charge in [-0.15, -0.1) is 5.10 Å². The van der Waals surface area contributed by atoms with Crippen LogP contribution in [-0.4, -0.2) is 76.6 Å². The molecular formula is C22H21N7O3. The smallest absolute Gasteiger partial charge is 0.276 e. The lowest BCUT2D eigenvalue weighted by molar-refractivity contribution is -0.384. The minimum Gasteiger partial charge on any atom is -0.320 e. The van der Waals surface area contributed by atoms with Crippen molar-refractivity contribution in [3.63, 3.8) is 0 Å². The highest BCUT2D eigenvalue weighted by molar-refractivity contribution is 6.53. The van der Waals surface area contributed by atoms with Crippen LogP contribution in [-0.2, 0) is 4.79 Å². The number of para-hydroxylation sites is 1. The molecule has 32 heavy (non-hydrogen) atoms. The van der Waals surface area contributed by atoms with E-state index in [-0.39, 0.29) is 22.7 Å². The van der Waals surface area contributed by atoms with Crippen molar-refractivity contribution in [2.24, 2.45) is 15.6 Å². The van der Waals surface area contributed by atoms with E-state index >= 15 is 0 Å². The number of non-ortho nitro benzene ring substituents is 1. The summed E-state index contributed by atoms with van der Waals surface area (Å²) in [5.41, 5.74) is 2.70. The Morgan fingerprint density at radius 1 is 1.00 bits per heavy atom. The number of carbonyl (C=O) groups excluding carboxylic acids is 1. The molecule has 0 aliphatic carbocycles. The maximum atomic E-state index is 12.5. The lowest BCUT2D eigenvalue weighted by Crippen LogP contribution is -2.74. The highest BCUT2D eigenvalue weighted by Gasteiger charge is 2.52. The van der Waals surface area contributed by atoms with Gasteiger partial charge in [-0.05, 0) is 6.07 Å². The van der Waals surface area contributed by atoms with E-state index in [0.717, 1.165) is 39.6 Å². The molecule has 0 atom stereocenters. The normalized spacial score (nSPS) is 31.6. The van der Waals surface area contributed by atoms with Crippen molar-refractivity contribution < 1.29 is 9.72 Å². The van der Waals surface area contributed by atoms with Gasteiger partial charge in [0.15, 0.2) is 5.71 Å². The van der Waals surface area contributed by atoms with Crippen LogP contribution >= 0.6 is 0 Å². The van der Waals surface area contributed by atoms with Crippen molar-refractivity contribution in [2.45, 2.75) is 0 Å². The second-order valence-electron chi connectivity index (χ2n) is 8.90. The van der Waals surface area contributed by atoms with E-state index in [1.165, 1.54) is 6.07 Å². The largest absolute Gasteiger partial charge is 0.320 e. The maximum absolute atomic E-state index is 12.5. The third-order valence-corrected chi connectivity index (χ3v) is 6.51. The lowest BCUT2D eigenvalue weighted by atomic mass is 9.74. The van der Waals surface area contributed by atoms with Crippen molar-refractivity contribution in [2.75, 3.05) is 45.0 Å². The van der Waals surface area contributed by atoms with Crippen LogP contribution in [0.4, 0.5) is 11.4 Å². The van der Waals surface area contributed by atoms with E-state index in [1.54, 1.807) is 12.1 Å². The average Bonchev–Trinajstić information content (AvgIpc) is 3.08. The van der Waals surface area contributed by atoms with E-state index in [4.69, 9.17) is 0 Å². The highest BCUT2D eigenvalue weighted by Crippen LogP contribution is 2.39. The fourth-order valence-electron chi connectivity index (χ4n) is 5.48. The lowest BCUT2D eigenvalue weighted by Gasteiger charge is -2.60. The number of hydrogen-bond acceptors (Lipinski definition) is 8. The zero-order chi connectivity index (χ0) is 21.9. The van der Waals surface area contributed by atoms with Gasteiger partial charge >= 0.3 is 0 Å². The minimum atomic E-state index is -0.399. The Morgan fingerprint density at radius 2 is 1.69 bits per heavy atom. The molecule has 1 N–H and O–H groups in total. The van der Waals surface area contributed by atoms with Crippen molar-refractivity contribution in [3.05, 3.63) is 69.8 Å². The number of nitro benzene ring substituents is 1. The first-order chi connectivity index (χ1) is 15.5. The topological polar surface area (TPSA) is 107 Å². The third-order valence-electron chi connectivity index (χ3n) is 6.51. The van der Waals surface area contributed by atoms with Crippen molar-refractivity contribution >= 4 is 28.7 Å². The van der Waals surface area contributed by atoms with Crippen molar-refractivity contribution in [3.8, 4) is 0 Å². The van der Waals surface area contributed by atoms with Crippen LogP contribution in [0.3, 0.4) is 0 Å². The van der Waals surface area contributed by atoms with Gasteiger partial charge in [0.25, 0.3) is 11.6 Å². The number of nitrogens with zero attached hydrogens (tertiary/aromatic N) is 6. The number of rotatable bonds is 4. The van der Waals surface area contributed by atoms with Crippen LogP contribution < -0.4 is 5.32 Å². The second-order valence-corrected chi connectivity index (χ2v) is 8.90. The third kappa shape index (κ3) is 3.03. The molecule has 5 heterocycles. The van der Waals surface area contributed by atoms with Crippen LogP contribution in [0.2, 0.25) is 0 Å². The van der Waals surface area contributed by atoms with Gasteiger partial charge < -0.3 is 5.32 Å². The molecule has 2 aromatic rings. The van der Waals surface area contributed by atoms with E-state index in [9.17, 15) is 14.9 Å². The average molecular weight is 431 g/mol. The van der Waals surface area contributed by atoms with Crippen molar-refractivity contribution in [1.29, 1.82) is 0 Å². The molecule has 0 saturated carbocycles. The molecule has 5 aliphatic heterocycles. The Hall–Kier alpha value is -3.47. The van der Waals surface area contributed by atoms with Crippen LogP contribution in [0.25, 0.3) is 0 Å². The van der Waals surface area contributed by atoms with E-state index in [0.29, 0.717) is 22.5 Å². The molecule has 7 rings (SSSR count). The molecule has 5 aliphatic rings. The van der Waals surface area contributed by atoms with Gasteiger partial charge in [0.05, 0.1) is 41.7 Å². The number of nitrogens with one attached hydrogen (secondary N) is 1. The molecule has 10 heteroatoms. The molecule has 0 aromatic heterocycles. The molecular weight excluding hydrogens is 410 g/mol. The van der Waals surface area contributed by atoms with Gasteiger partial charge in [0.2, 0.25) is 0 Å². The van der Waals surface area contributed by atoms with Gasteiger partial charge in [-0.3, -0.25) is 29.6 Å². The second kappa shape index (κ2) is 7.02. The van der Waals surface area contributed by atoms with E-state index < -0.39 is 4.92 Å². The van der Waals surface area contributed by atoms with Gasteiger partial charge in [-0.25, -0.2) is 0 Å². The van der Waals surface area contributed by atoms with Gasteiger partial charge in [0.1, 0.15) is 0 Å². The molecule has 0 radical (unpaired) electrons. The molecule has 1 amide bonds. The Kier molecular flexibility index (Phi) is 4.22. The molecule has 10 nitrogen and oxygen atoms in total. The quantitative estimate of drug-likeness (QED) is 0.447. The Morgan fingerprint density at radius 3 is 2.38 bits per heavy atom. The molecule has 4 saturated heterocycles. The molecule has 2 aromatic carbocycles. The molecule has 162 valence electrons. The molecule has 0 spiro atoms. The Balaban J connectivity index is 1.49. The SMILES string of the molecule is O=C1Nc2ccccc2/C1=N/N=C(/c1cccc([N+](=O)[O-])c1)C12CN3CN(CN(C3)C1)C2. The molecule has 4 fully saturated rings. The van der Waals surface area contributed by atoms with Gasteiger partial charge in [-0.2, -0.15) is 5.10 Å². The molecule has 0 unspecified atom stereocenters. The number of amides is 1. The van der Waals surface area contributed by atoms with E-state index in [1.807, 2.05) is 30.3 Å². The summed E-state index contributed by atoms with van der Waals surface area (Å²) in [6.45, 7) is 5.12. The first-order valence-corrected chi connectivity index (χ1v) is 10.5. The summed E-state index contributed by atoms with van der Waals surface area (Å²) in [4.78, 5) is 30.6. The summed E-state index contributed by atoms with van der Waals surface area (Å²) >= 11 is 0. The monoisotopic (exact) mass is 431 g/mol. The number of nitro groups is 1. The first kappa shape index (κ1) is 19.2. The fraction of sp³-hybridized carbons (Fsp3) is 0.318. The fourth-order valence-corrected chi connectivity index (χ4v) is 5.48. The molecule has 4 bridgehead atoms. The Labute approximate surface area is 184 Å². The highest BCUT2D eigenvalue weighted by atomic mass is 16.6. The van der Waals surface area contributed by atoms with E-state index in [2.05, 4.69) is 30.2 Å². The summed E-state index contributed by atoms with van der Waals surface area (Å²) < 4.78 is 0. The predicted molar refractivity (Wildman–Crippen MR) is 118 cm³/mol. The number of carbonyl (C=O) groups is 1.